The fourth-order valence-corrected chi connectivity index (χ4v) is 2.35. The van der Waals surface area contributed by atoms with E-state index < -0.39 is 0 Å². The van der Waals surface area contributed by atoms with Gasteiger partial charge in [-0.1, -0.05) is 29.3 Å². The summed E-state index contributed by atoms with van der Waals surface area (Å²) in [4.78, 5) is 12.7. The van der Waals surface area contributed by atoms with Gasteiger partial charge in [0, 0.05) is 10.6 Å². The maximum atomic E-state index is 11.7. The van der Waals surface area contributed by atoms with Gasteiger partial charge in [0.1, 0.15) is 0 Å². The van der Waals surface area contributed by atoms with Gasteiger partial charge in [-0.3, -0.25) is 4.79 Å². The predicted molar refractivity (Wildman–Crippen MR) is 73.1 cm³/mol. The Balaban J connectivity index is 2.00. The summed E-state index contributed by atoms with van der Waals surface area (Å²) in [5.74, 6) is -0.0640. The summed E-state index contributed by atoms with van der Waals surface area (Å²) in [5.41, 5.74) is 0.654. The van der Waals surface area contributed by atoms with Crippen molar-refractivity contribution < 1.29 is 4.79 Å². The first kappa shape index (κ1) is 12.4. The number of anilines is 1. The molecule has 0 aliphatic rings. The van der Waals surface area contributed by atoms with Gasteiger partial charge in [-0.15, -0.1) is 11.3 Å². The zero-order valence-corrected chi connectivity index (χ0v) is 11.1. The van der Waals surface area contributed by atoms with Gasteiger partial charge in [0.15, 0.2) is 0 Å². The van der Waals surface area contributed by atoms with Crippen LogP contribution in [0, 0.1) is 0 Å². The molecule has 17 heavy (non-hydrogen) atoms. The van der Waals surface area contributed by atoms with Crippen LogP contribution in [0.1, 0.15) is 4.88 Å². The van der Waals surface area contributed by atoms with Crippen LogP contribution in [0.3, 0.4) is 0 Å². The molecule has 0 spiro atoms. The van der Waals surface area contributed by atoms with Crippen molar-refractivity contribution in [2.24, 2.45) is 0 Å². The van der Waals surface area contributed by atoms with Crippen molar-refractivity contribution in [2.45, 2.75) is 6.42 Å². The summed E-state index contributed by atoms with van der Waals surface area (Å²) in [6, 6.07) is 8.87. The Labute approximate surface area is 113 Å². The first-order chi connectivity index (χ1) is 8.15. The van der Waals surface area contributed by atoms with Crippen LogP contribution >= 0.6 is 34.5 Å². The van der Waals surface area contributed by atoms with E-state index in [9.17, 15) is 4.79 Å². The molecule has 2 aromatic rings. The second-order valence-electron chi connectivity index (χ2n) is 3.43. The average molecular weight is 286 g/mol. The molecule has 0 saturated heterocycles. The van der Waals surface area contributed by atoms with Crippen molar-refractivity contribution in [1.82, 2.24) is 0 Å². The number of benzene rings is 1. The van der Waals surface area contributed by atoms with E-state index in [-0.39, 0.29) is 5.91 Å². The summed E-state index contributed by atoms with van der Waals surface area (Å²) in [6.07, 6.45) is 0.373. The molecule has 1 N–H and O–H groups in total. The van der Waals surface area contributed by atoms with Gasteiger partial charge in [-0.2, -0.15) is 0 Å². The number of carbonyl (C=O) groups excluding carboxylic acids is 1. The lowest BCUT2D eigenvalue weighted by Gasteiger charge is -2.05. The monoisotopic (exact) mass is 285 g/mol. The van der Waals surface area contributed by atoms with E-state index in [1.807, 2.05) is 17.5 Å². The summed E-state index contributed by atoms with van der Waals surface area (Å²) in [5, 5.41) is 5.63. The molecule has 0 radical (unpaired) electrons. The van der Waals surface area contributed by atoms with Crippen LogP contribution in [0.2, 0.25) is 10.0 Å². The lowest BCUT2D eigenvalue weighted by atomic mass is 10.3. The van der Waals surface area contributed by atoms with E-state index >= 15 is 0 Å². The number of hydrogen-bond acceptors (Lipinski definition) is 2. The molecule has 0 unspecified atom stereocenters. The summed E-state index contributed by atoms with van der Waals surface area (Å²) >= 11 is 13.2. The number of hydrogen-bond donors (Lipinski definition) is 1. The van der Waals surface area contributed by atoms with Gasteiger partial charge < -0.3 is 5.32 Å². The second-order valence-corrected chi connectivity index (χ2v) is 5.28. The van der Waals surface area contributed by atoms with Crippen molar-refractivity contribution >= 4 is 46.1 Å². The number of nitrogens with one attached hydrogen (secondary N) is 1. The molecule has 5 heteroatoms. The zero-order valence-electron chi connectivity index (χ0n) is 8.74. The van der Waals surface area contributed by atoms with Crippen LogP contribution in [-0.2, 0) is 11.2 Å². The van der Waals surface area contributed by atoms with Crippen molar-refractivity contribution in [3.63, 3.8) is 0 Å². The number of carbonyl (C=O) groups is 1. The summed E-state index contributed by atoms with van der Waals surface area (Å²) in [7, 11) is 0. The van der Waals surface area contributed by atoms with E-state index in [4.69, 9.17) is 23.2 Å². The standard InChI is InChI=1S/C12H9Cl2NOS/c13-10-4-3-8(6-11(10)14)15-12(16)7-9-2-1-5-17-9/h1-6H,7H2,(H,15,16). The van der Waals surface area contributed by atoms with Crippen molar-refractivity contribution in [2.75, 3.05) is 5.32 Å². The molecular weight excluding hydrogens is 277 g/mol. The Kier molecular flexibility index (Phi) is 4.05. The third kappa shape index (κ3) is 3.46. The summed E-state index contributed by atoms with van der Waals surface area (Å²) < 4.78 is 0. The SMILES string of the molecule is O=C(Cc1cccs1)Nc1ccc(Cl)c(Cl)c1. The molecule has 0 fully saturated rings. The topological polar surface area (TPSA) is 29.1 Å². The normalized spacial score (nSPS) is 10.2. The Bertz CT molecular complexity index is 525. The third-order valence-corrected chi connectivity index (χ3v) is 3.73. The minimum absolute atomic E-state index is 0.0640. The zero-order chi connectivity index (χ0) is 12.3. The Hall–Kier alpha value is -1.03. The van der Waals surface area contributed by atoms with Crippen LogP contribution in [0.4, 0.5) is 5.69 Å². The Morgan fingerprint density at radius 3 is 2.71 bits per heavy atom. The van der Waals surface area contributed by atoms with Gasteiger partial charge >= 0.3 is 0 Å². The van der Waals surface area contributed by atoms with E-state index in [0.717, 1.165) is 4.88 Å². The third-order valence-electron chi connectivity index (χ3n) is 2.12. The van der Waals surface area contributed by atoms with Gasteiger partial charge in [-0.05, 0) is 29.6 Å². The van der Waals surface area contributed by atoms with E-state index in [0.29, 0.717) is 22.2 Å². The van der Waals surface area contributed by atoms with Crippen LogP contribution < -0.4 is 5.32 Å². The lowest BCUT2D eigenvalue weighted by Crippen LogP contribution is -2.13. The van der Waals surface area contributed by atoms with Crippen molar-refractivity contribution in [1.29, 1.82) is 0 Å². The maximum Gasteiger partial charge on any atom is 0.229 e. The smallest absolute Gasteiger partial charge is 0.229 e. The Morgan fingerprint density at radius 2 is 2.06 bits per heavy atom. The highest BCUT2D eigenvalue weighted by Gasteiger charge is 2.06. The molecule has 1 amide bonds. The largest absolute Gasteiger partial charge is 0.326 e. The van der Waals surface area contributed by atoms with Gasteiger partial charge in [-0.25, -0.2) is 0 Å². The van der Waals surface area contributed by atoms with Crippen molar-refractivity contribution in [3.05, 3.63) is 50.6 Å². The fourth-order valence-electron chi connectivity index (χ4n) is 1.35. The minimum Gasteiger partial charge on any atom is -0.326 e. The van der Waals surface area contributed by atoms with Crippen LogP contribution in [0.5, 0.6) is 0 Å². The van der Waals surface area contributed by atoms with Gasteiger partial charge in [0.05, 0.1) is 16.5 Å². The van der Waals surface area contributed by atoms with Crippen molar-refractivity contribution in [3.8, 4) is 0 Å². The first-order valence-electron chi connectivity index (χ1n) is 4.92. The molecule has 2 rings (SSSR count). The molecule has 1 aromatic heterocycles. The molecule has 1 aromatic carbocycles. The van der Waals surface area contributed by atoms with Crippen LogP contribution in [0.25, 0.3) is 0 Å². The lowest BCUT2D eigenvalue weighted by molar-refractivity contribution is -0.115. The molecular formula is C12H9Cl2NOS. The first-order valence-corrected chi connectivity index (χ1v) is 6.56. The van der Waals surface area contributed by atoms with E-state index in [1.165, 1.54) is 0 Å². The molecule has 0 saturated carbocycles. The van der Waals surface area contributed by atoms with Gasteiger partial charge in [0.2, 0.25) is 5.91 Å². The highest BCUT2D eigenvalue weighted by Crippen LogP contribution is 2.25. The minimum atomic E-state index is -0.0640. The summed E-state index contributed by atoms with van der Waals surface area (Å²) in [6.45, 7) is 0. The van der Waals surface area contributed by atoms with E-state index in [2.05, 4.69) is 5.32 Å². The maximum absolute atomic E-state index is 11.7. The van der Waals surface area contributed by atoms with E-state index in [1.54, 1.807) is 29.5 Å². The average Bonchev–Trinajstić information content (AvgIpc) is 2.76. The fraction of sp³-hybridized carbons (Fsp3) is 0.0833. The van der Waals surface area contributed by atoms with Crippen LogP contribution in [0.15, 0.2) is 35.7 Å². The second kappa shape index (κ2) is 5.54. The molecule has 1 heterocycles. The van der Waals surface area contributed by atoms with Gasteiger partial charge in [0.25, 0.3) is 0 Å². The predicted octanol–water partition coefficient (Wildman–Crippen LogP) is 4.24. The molecule has 0 aliphatic heterocycles. The quantitative estimate of drug-likeness (QED) is 0.898. The molecule has 0 bridgehead atoms. The molecule has 0 atom stereocenters. The number of amides is 1. The molecule has 0 aliphatic carbocycles. The van der Waals surface area contributed by atoms with Crippen LogP contribution in [-0.4, -0.2) is 5.91 Å². The Morgan fingerprint density at radius 1 is 1.24 bits per heavy atom. The molecule has 2 nitrogen and oxygen atoms in total. The number of halogens is 2. The highest BCUT2D eigenvalue weighted by molar-refractivity contribution is 7.10. The number of thiophene rings is 1. The molecule has 88 valence electrons. The number of rotatable bonds is 3. The highest BCUT2D eigenvalue weighted by atomic mass is 35.5.